The molecule has 15 heavy (non-hydrogen) atoms. The predicted octanol–water partition coefficient (Wildman–Crippen LogP) is 0.613. The van der Waals surface area contributed by atoms with E-state index in [1.54, 1.807) is 21.3 Å². The maximum atomic E-state index is 9.89. The lowest BCUT2D eigenvalue weighted by Crippen LogP contribution is -2.33. The third-order valence-corrected chi connectivity index (χ3v) is 4.24. The molecule has 0 aromatic carbocycles. The molecule has 0 saturated carbocycles. The summed E-state index contributed by atoms with van der Waals surface area (Å²) in [5.41, 5.74) is 1.13. The largest absolute Gasteiger partial charge is 0.372 e. The summed E-state index contributed by atoms with van der Waals surface area (Å²) >= 11 is 6.68. The van der Waals surface area contributed by atoms with Crippen molar-refractivity contribution in [1.82, 2.24) is 14.7 Å². The number of hydrogen-bond donors (Lipinski definition) is 1. The summed E-state index contributed by atoms with van der Waals surface area (Å²) in [6.45, 7) is 0. The fraction of sp³-hybridized carbons (Fsp3) is 0.556. The van der Waals surface area contributed by atoms with Crippen molar-refractivity contribution in [3.05, 3.63) is 18.0 Å². The Balaban J connectivity index is 2.04. The van der Waals surface area contributed by atoms with Crippen LogP contribution in [0.3, 0.4) is 0 Å². The first kappa shape index (κ1) is 10.9. The third-order valence-electron chi connectivity index (χ3n) is 2.46. The fourth-order valence-corrected chi connectivity index (χ4v) is 3.18. The van der Waals surface area contributed by atoms with Crippen molar-refractivity contribution in [1.29, 1.82) is 0 Å². The van der Waals surface area contributed by atoms with Gasteiger partial charge in [-0.2, -0.15) is 5.10 Å². The van der Waals surface area contributed by atoms with Crippen LogP contribution in [0.15, 0.2) is 12.4 Å². The first-order valence-corrected chi connectivity index (χ1v) is 5.96. The molecule has 2 rings (SSSR count). The van der Waals surface area contributed by atoms with Crippen LogP contribution in [0.25, 0.3) is 0 Å². The molecular weight excluding hydrogens is 230 g/mol. The van der Waals surface area contributed by atoms with Gasteiger partial charge >= 0.3 is 0 Å². The average molecular weight is 243 g/mol. The summed E-state index contributed by atoms with van der Waals surface area (Å²) in [6.07, 6.45) is 4.11. The Labute approximate surface area is 98.3 Å². The molecule has 1 aliphatic rings. The summed E-state index contributed by atoms with van der Waals surface area (Å²) in [6, 6.07) is 0. The molecule has 6 heteroatoms. The highest BCUT2D eigenvalue weighted by Gasteiger charge is 2.34. The monoisotopic (exact) mass is 243 g/mol. The number of aliphatic hydroxyl groups is 1. The second kappa shape index (κ2) is 4.11. The molecule has 0 spiro atoms. The molecule has 82 valence electrons. The van der Waals surface area contributed by atoms with Crippen LogP contribution in [0.1, 0.15) is 5.56 Å². The minimum absolute atomic E-state index is 0.117. The SMILES string of the molecule is CN1C(=S)SC(Cc2cnn(C)c2)C1O. The minimum Gasteiger partial charge on any atom is -0.372 e. The van der Waals surface area contributed by atoms with Crippen molar-refractivity contribution in [2.75, 3.05) is 7.05 Å². The number of thiocarbonyl (C=S) groups is 1. The molecule has 0 aliphatic carbocycles. The summed E-state index contributed by atoms with van der Waals surface area (Å²) < 4.78 is 2.53. The molecule has 2 unspecified atom stereocenters. The van der Waals surface area contributed by atoms with Crippen molar-refractivity contribution in [2.45, 2.75) is 17.9 Å². The van der Waals surface area contributed by atoms with Crippen LogP contribution in [0.4, 0.5) is 0 Å². The lowest BCUT2D eigenvalue weighted by atomic mass is 10.2. The number of rotatable bonds is 2. The first-order valence-electron chi connectivity index (χ1n) is 4.67. The van der Waals surface area contributed by atoms with Gasteiger partial charge in [0.1, 0.15) is 10.5 Å². The van der Waals surface area contributed by atoms with Crippen LogP contribution in [0, 0.1) is 0 Å². The van der Waals surface area contributed by atoms with E-state index in [-0.39, 0.29) is 5.25 Å². The molecule has 1 fully saturated rings. The zero-order valence-corrected chi connectivity index (χ0v) is 10.3. The first-order chi connectivity index (χ1) is 7.08. The molecule has 1 aliphatic heterocycles. The summed E-state index contributed by atoms with van der Waals surface area (Å²) in [4.78, 5) is 1.74. The number of aryl methyl sites for hydroxylation is 1. The Kier molecular flexibility index (Phi) is 2.99. The molecular formula is C9H13N3OS2. The zero-order chi connectivity index (χ0) is 11.0. The predicted molar refractivity (Wildman–Crippen MR) is 64.7 cm³/mol. The van der Waals surface area contributed by atoms with Crippen LogP contribution in [0.2, 0.25) is 0 Å². The molecule has 0 bridgehead atoms. The van der Waals surface area contributed by atoms with Gasteiger partial charge in [-0.15, -0.1) is 0 Å². The van der Waals surface area contributed by atoms with Gasteiger partial charge in [-0.3, -0.25) is 4.68 Å². The van der Waals surface area contributed by atoms with E-state index in [4.69, 9.17) is 12.2 Å². The van der Waals surface area contributed by atoms with E-state index in [1.807, 2.05) is 26.5 Å². The topological polar surface area (TPSA) is 41.3 Å². The van der Waals surface area contributed by atoms with Gasteiger partial charge in [0.25, 0.3) is 0 Å². The van der Waals surface area contributed by atoms with E-state index in [9.17, 15) is 5.11 Å². The highest BCUT2D eigenvalue weighted by Crippen LogP contribution is 2.31. The average Bonchev–Trinajstić information content (AvgIpc) is 2.68. The number of thioether (sulfide) groups is 1. The molecule has 1 aromatic rings. The van der Waals surface area contributed by atoms with E-state index in [2.05, 4.69) is 5.10 Å². The van der Waals surface area contributed by atoms with E-state index in [1.165, 1.54) is 0 Å². The smallest absolute Gasteiger partial charge is 0.140 e. The highest BCUT2D eigenvalue weighted by atomic mass is 32.2. The van der Waals surface area contributed by atoms with Gasteiger partial charge in [-0.1, -0.05) is 24.0 Å². The lowest BCUT2D eigenvalue weighted by molar-refractivity contribution is 0.0771. The zero-order valence-electron chi connectivity index (χ0n) is 8.62. The van der Waals surface area contributed by atoms with Crippen molar-refractivity contribution in [3.8, 4) is 0 Å². The molecule has 1 aromatic heterocycles. The molecule has 1 saturated heterocycles. The van der Waals surface area contributed by atoms with Crippen LogP contribution in [-0.2, 0) is 13.5 Å². The van der Waals surface area contributed by atoms with Crippen LogP contribution in [-0.4, -0.2) is 42.6 Å². The van der Waals surface area contributed by atoms with Gasteiger partial charge in [-0.05, 0) is 12.0 Å². The highest BCUT2D eigenvalue weighted by molar-refractivity contribution is 8.23. The molecule has 0 radical (unpaired) electrons. The molecule has 1 N–H and O–H groups in total. The van der Waals surface area contributed by atoms with Crippen LogP contribution < -0.4 is 0 Å². The number of aromatic nitrogens is 2. The number of nitrogens with zero attached hydrogens (tertiary/aromatic N) is 3. The van der Waals surface area contributed by atoms with Gasteiger partial charge in [0, 0.05) is 20.3 Å². The molecule has 2 atom stereocenters. The van der Waals surface area contributed by atoms with E-state index in [0.717, 1.165) is 16.3 Å². The van der Waals surface area contributed by atoms with E-state index >= 15 is 0 Å². The third kappa shape index (κ3) is 2.16. The Bertz CT molecular complexity index is 379. The Morgan fingerprint density at radius 2 is 2.33 bits per heavy atom. The van der Waals surface area contributed by atoms with Gasteiger partial charge in [0.15, 0.2) is 0 Å². The Morgan fingerprint density at radius 1 is 1.60 bits per heavy atom. The van der Waals surface area contributed by atoms with Crippen LogP contribution >= 0.6 is 24.0 Å². The second-order valence-corrected chi connectivity index (χ2v) is 5.55. The molecule has 4 nitrogen and oxygen atoms in total. The summed E-state index contributed by atoms with van der Waals surface area (Å²) in [5.74, 6) is 0. The standard InChI is InChI=1S/C9H13N3OS2/c1-11-5-6(4-10-11)3-7-8(13)12(2)9(14)15-7/h4-5,7-8,13H,3H2,1-2H3. The molecule has 0 amide bonds. The fourth-order valence-electron chi connectivity index (χ4n) is 1.59. The maximum Gasteiger partial charge on any atom is 0.140 e. The van der Waals surface area contributed by atoms with E-state index < -0.39 is 6.23 Å². The van der Waals surface area contributed by atoms with Gasteiger partial charge in [0.2, 0.25) is 0 Å². The van der Waals surface area contributed by atoms with Crippen molar-refractivity contribution >= 4 is 28.3 Å². The maximum absolute atomic E-state index is 9.89. The Morgan fingerprint density at radius 3 is 2.80 bits per heavy atom. The van der Waals surface area contributed by atoms with Gasteiger partial charge in [-0.25, -0.2) is 0 Å². The second-order valence-electron chi connectivity index (χ2n) is 3.67. The Hall–Kier alpha value is -0.590. The minimum atomic E-state index is -0.484. The quantitative estimate of drug-likeness (QED) is 0.771. The lowest BCUT2D eigenvalue weighted by Gasteiger charge is -2.17. The molecule has 2 heterocycles. The van der Waals surface area contributed by atoms with Crippen molar-refractivity contribution in [2.24, 2.45) is 7.05 Å². The normalized spacial score (nSPS) is 26.3. The van der Waals surface area contributed by atoms with Gasteiger partial charge in [0.05, 0.1) is 11.4 Å². The van der Waals surface area contributed by atoms with Gasteiger partial charge < -0.3 is 10.0 Å². The summed E-state index contributed by atoms with van der Waals surface area (Å²) in [7, 11) is 3.71. The summed E-state index contributed by atoms with van der Waals surface area (Å²) in [5, 5.41) is 14.1. The van der Waals surface area contributed by atoms with Crippen molar-refractivity contribution in [3.63, 3.8) is 0 Å². The number of hydrogen-bond acceptors (Lipinski definition) is 4. The van der Waals surface area contributed by atoms with Crippen LogP contribution in [0.5, 0.6) is 0 Å². The van der Waals surface area contributed by atoms with E-state index in [0.29, 0.717) is 0 Å². The van der Waals surface area contributed by atoms with Crippen molar-refractivity contribution < 1.29 is 5.11 Å². The number of aliphatic hydroxyl groups excluding tert-OH is 1.